The SMILES string of the molecule is COc1ccc(NC(=O)COc2ccc(/C=N\NC(=O)c3c(C)nc4sccn34)cc2)cc1. The van der Waals surface area contributed by atoms with Gasteiger partial charge in [0.05, 0.1) is 19.0 Å². The number of rotatable bonds is 8. The van der Waals surface area contributed by atoms with E-state index in [9.17, 15) is 9.59 Å². The molecule has 0 aliphatic heterocycles. The molecule has 33 heavy (non-hydrogen) atoms. The topological polar surface area (TPSA) is 106 Å². The Morgan fingerprint density at radius 1 is 1.12 bits per heavy atom. The number of hydrazone groups is 1. The summed E-state index contributed by atoms with van der Waals surface area (Å²) in [5, 5.41) is 8.64. The zero-order valence-electron chi connectivity index (χ0n) is 17.9. The lowest BCUT2D eigenvalue weighted by molar-refractivity contribution is -0.118. The Labute approximate surface area is 193 Å². The number of benzene rings is 2. The third-order valence-electron chi connectivity index (χ3n) is 4.66. The first kappa shape index (κ1) is 22.0. The zero-order chi connectivity index (χ0) is 23.2. The van der Waals surface area contributed by atoms with Crippen molar-refractivity contribution in [2.24, 2.45) is 5.10 Å². The minimum Gasteiger partial charge on any atom is -0.497 e. The van der Waals surface area contributed by atoms with Crippen LogP contribution in [-0.4, -0.2) is 41.1 Å². The number of nitrogens with one attached hydrogen (secondary N) is 2. The van der Waals surface area contributed by atoms with Gasteiger partial charge in [-0.25, -0.2) is 10.4 Å². The molecule has 4 aromatic rings. The Balaban J connectivity index is 1.26. The van der Waals surface area contributed by atoms with Crippen LogP contribution in [0.2, 0.25) is 0 Å². The number of aromatic nitrogens is 2. The fourth-order valence-electron chi connectivity index (χ4n) is 3.06. The van der Waals surface area contributed by atoms with Gasteiger partial charge < -0.3 is 14.8 Å². The number of thiazole rings is 1. The standard InChI is InChI=1S/C23H21N5O4S/c1-15-21(28-11-12-33-23(28)25-15)22(30)27-24-13-16-3-7-19(8-4-16)32-14-20(29)26-17-5-9-18(31-2)10-6-17/h3-13H,14H2,1-2H3,(H,26,29)(H,27,30)/b24-13-. The Bertz CT molecular complexity index is 1290. The molecule has 0 bridgehead atoms. The predicted molar refractivity (Wildman–Crippen MR) is 126 cm³/mol. The van der Waals surface area contributed by atoms with E-state index < -0.39 is 0 Å². The van der Waals surface area contributed by atoms with Gasteiger partial charge in [-0.15, -0.1) is 11.3 Å². The number of nitrogens with zero attached hydrogens (tertiary/aromatic N) is 3. The first-order valence-electron chi connectivity index (χ1n) is 9.96. The van der Waals surface area contributed by atoms with Gasteiger partial charge >= 0.3 is 0 Å². The molecule has 0 aliphatic rings. The van der Waals surface area contributed by atoms with Crippen LogP contribution in [0.25, 0.3) is 4.96 Å². The van der Waals surface area contributed by atoms with Crippen molar-refractivity contribution in [1.29, 1.82) is 0 Å². The van der Waals surface area contributed by atoms with Crippen molar-refractivity contribution < 1.29 is 19.1 Å². The maximum absolute atomic E-state index is 12.4. The highest BCUT2D eigenvalue weighted by atomic mass is 32.1. The normalized spacial score (nSPS) is 11.0. The molecule has 2 aromatic heterocycles. The summed E-state index contributed by atoms with van der Waals surface area (Å²) < 4.78 is 12.3. The zero-order valence-corrected chi connectivity index (χ0v) is 18.8. The number of methoxy groups -OCH3 is 1. The molecule has 168 valence electrons. The molecule has 0 spiro atoms. The molecule has 0 saturated carbocycles. The van der Waals surface area contributed by atoms with Gasteiger partial charge in [-0.2, -0.15) is 5.10 Å². The van der Waals surface area contributed by atoms with Crippen molar-refractivity contribution in [1.82, 2.24) is 14.8 Å². The Hall–Kier alpha value is -4.18. The minimum absolute atomic E-state index is 0.128. The third-order valence-corrected chi connectivity index (χ3v) is 5.41. The summed E-state index contributed by atoms with van der Waals surface area (Å²) in [5.74, 6) is 0.640. The molecule has 10 heteroatoms. The smallest absolute Gasteiger partial charge is 0.290 e. The summed E-state index contributed by atoms with van der Waals surface area (Å²) in [6, 6.07) is 14.0. The second-order valence-electron chi connectivity index (χ2n) is 6.93. The number of aryl methyl sites for hydroxylation is 1. The van der Waals surface area contributed by atoms with Crippen molar-refractivity contribution in [3.8, 4) is 11.5 Å². The number of carbonyl (C=O) groups excluding carboxylic acids is 2. The van der Waals surface area contributed by atoms with Crippen molar-refractivity contribution >= 4 is 40.0 Å². The molecule has 0 aliphatic carbocycles. The van der Waals surface area contributed by atoms with Gasteiger partial charge in [0.2, 0.25) is 0 Å². The molecular formula is C23H21N5O4S. The number of fused-ring (bicyclic) bond motifs is 1. The maximum Gasteiger partial charge on any atom is 0.290 e. The van der Waals surface area contributed by atoms with Crippen molar-refractivity contribution in [3.05, 3.63) is 77.1 Å². The van der Waals surface area contributed by atoms with Gasteiger partial charge in [0.1, 0.15) is 17.2 Å². The number of imidazole rings is 1. The van der Waals surface area contributed by atoms with E-state index in [1.54, 1.807) is 73.2 Å². The second kappa shape index (κ2) is 9.96. The highest BCUT2D eigenvalue weighted by Gasteiger charge is 2.16. The van der Waals surface area contributed by atoms with Gasteiger partial charge in [0, 0.05) is 17.3 Å². The van der Waals surface area contributed by atoms with E-state index in [-0.39, 0.29) is 18.4 Å². The quantitative estimate of drug-likeness (QED) is 0.307. The summed E-state index contributed by atoms with van der Waals surface area (Å²) in [6.07, 6.45) is 3.33. The molecule has 0 unspecified atom stereocenters. The molecule has 2 heterocycles. The highest BCUT2D eigenvalue weighted by molar-refractivity contribution is 7.15. The Kier molecular flexibility index (Phi) is 6.65. The van der Waals surface area contributed by atoms with E-state index in [4.69, 9.17) is 9.47 Å². The van der Waals surface area contributed by atoms with Crippen LogP contribution < -0.4 is 20.2 Å². The van der Waals surface area contributed by atoms with Crippen molar-refractivity contribution in [3.63, 3.8) is 0 Å². The highest BCUT2D eigenvalue weighted by Crippen LogP contribution is 2.17. The molecule has 9 nitrogen and oxygen atoms in total. The molecular weight excluding hydrogens is 442 g/mol. The largest absolute Gasteiger partial charge is 0.497 e. The number of hydrogen-bond acceptors (Lipinski definition) is 7. The van der Waals surface area contributed by atoms with Crippen LogP contribution in [0.5, 0.6) is 11.5 Å². The number of carbonyl (C=O) groups is 2. The van der Waals surface area contributed by atoms with Crippen LogP contribution in [-0.2, 0) is 4.79 Å². The van der Waals surface area contributed by atoms with Gasteiger partial charge in [-0.3, -0.25) is 14.0 Å². The molecule has 2 aromatic carbocycles. The fourth-order valence-corrected chi connectivity index (χ4v) is 3.82. The van der Waals surface area contributed by atoms with E-state index in [2.05, 4.69) is 20.8 Å². The second-order valence-corrected chi connectivity index (χ2v) is 7.81. The molecule has 2 N–H and O–H groups in total. The summed E-state index contributed by atoms with van der Waals surface area (Å²) in [6.45, 7) is 1.66. The van der Waals surface area contributed by atoms with Crippen LogP contribution >= 0.6 is 11.3 Å². The number of anilines is 1. The fraction of sp³-hybridized carbons (Fsp3) is 0.130. The van der Waals surface area contributed by atoms with E-state index >= 15 is 0 Å². The first-order chi connectivity index (χ1) is 16.0. The van der Waals surface area contributed by atoms with Crippen LogP contribution in [0.4, 0.5) is 5.69 Å². The lowest BCUT2D eigenvalue weighted by Gasteiger charge is -2.08. The van der Waals surface area contributed by atoms with Gasteiger partial charge in [0.25, 0.3) is 11.8 Å². The van der Waals surface area contributed by atoms with Crippen molar-refractivity contribution in [2.75, 3.05) is 19.0 Å². The summed E-state index contributed by atoms with van der Waals surface area (Å²) in [5.41, 5.74) is 5.04. The summed E-state index contributed by atoms with van der Waals surface area (Å²) in [4.78, 5) is 29.6. The third kappa shape index (κ3) is 5.36. The Morgan fingerprint density at radius 3 is 2.58 bits per heavy atom. The summed E-state index contributed by atoms with van der Waals surface area (Å²) >= 11 is 1.46. The Morgan fingerprint density at radius 2 is 1.85 bits per heavy atom. The molecule has 0 saturated heterocycles. The van der Waals surface area contributed by atoms with Gasteiger partial charge in [-0.05, 0) is 61.0 Å². The molecule has 2 amide bonds. The lowest BCUT2D eigenvalue weighted by Crippen LogP contribution is -2.20. The van der Waals surface area contributed by atoms with Crippen LogP contribution in [0.15, 0.2) is 65.2 Å². The average Bonchev–Trinajstić information content (AvgIpc) is 3.39. The van der Waals surface area contributed by atoms with Crippen molar-refractivity contribution in [2.45, 2.75) is 6.92 Å². The van der Waals surface area contributed by atoms with E-state index in [0.717, 1.165) is 10.5 Å². The molecule has 0 fully saturated rings. The van der Waals surface area contributed by atoms with E-state index in [1.807, 2.05) is 5.38 Å². The predicted octanol–water partition coefficient (Wildman–Crippen LogP) is 3.49. The number of hydrogen-bond donors (Lipinski definition) is 2. The lowest BCUT2D eigenvalue weighted by atomic mass is 10.2. The van der Waals surface area contributed by atoms with Gasteiger partial charge in [0.15, 0.2) is 11.6 Å². The molecule has 0 atom stereocenters. The first-order valence-corrected chi connectivity index (χ1v) is 10.8. The maximum atomic E-state index is 12.4. The van der Waals surface area contributed by atoms with E-state index in [0.29, 0.717) is 28.6 Å². The number of ether oxygens (including phenoxy) is 2. The van der Waals surface area contributed by atoms with Crippen LogP contribution in [0.1, 0.15) is 21.7 Å². The summed E-state index contributed by atoms with van der Waals surface area (Å²) in [7, 11) is 1.58. The van der Waals surface area contributed by atoms with E-state index in [1.165, 1.54) is 17.6 Å². The minimum atomic E-state index is -0.336. The molecule has 0 radical (unpaired) electrons. The number of amides is 2. The average molecular weight is 464 g/mol. The van der Waals surface area contributed by atoms with Crippen LogP contribution in [0, 0.1) is 6.92 Å². The van der Waals surface area contributed by atoms with Gasteiger partial charge in [-0.1, -0.05) is 0 Å². The van der Waals surface area contributed by atoms with Crippen LogP contribution in [0.3, 0.4) is 0 Å². The molecule has 4 rings (SSSR count). The monoisotopic (exact) mass is 463 g/mol.